The molecule has 0 unspecified atom stereocenters. The standard InChI is InChI=1S/C47H43F5N2O3S.2C2H6/c1-28-21-30(3)53-42-36(28)22-29(2)40(45(42)56-7)35-20-14-19-34-37(44(55)31-23-38(48)41(50)39(49)24-31)25-54(43(34)35)26-47(51,52)27-57-58(46(4,5)6,32-15-10-8-11-16-32)33-17-12-9-13-18-33;2*1-2/h8-20,22-25H,1,21,26-27H2,2-7H3;2*1-2H3. The van der Waals surface area contributed by atoms with E-state index in [0.29, 0.717) is 41.1 Å². The van der Waals surface area contributed by atoms with E-state index < -0.39 is 62.9 Å². The zero-order chi connectivity index (χ0) is 45.7. The number of ketones is 1. The number of rotatable bonds is 11. The first-order valence-electron chi connectivity index (χ1n) is 20.7. The number of aliphatic imine (C=N–C) groups is 1. The molecule has 0 bridgehead atoms. The quantitative estimate of drug-likeness (QED) is 0.0740. The molecule has 62 heavy (non-hydrogen) atoms. The molecule has 1 aliphatic heterocycles. The highest BCUT2D eigenvalue weighted by molar-refractivity contribution is 8.31. The fraction of sp³-hybridized carbons (Fsp3) is 0.294. The number of hydrogen-bond donors (Lipinski definition) is 0. The average molecular weight is 871 g/mol. The minimum atomic E-state index is -3.53. The Balaban J connectivity index is 0.00000176. The van der Waals surface area contributed by atoms with Gasteiger partial charge in [-0.05, 0) is 88.2 Å². The molecule has 0 amide bonds. The Bertz CT molecular complexity index is 2550. The summed E-state index contributed by atoms with van der Waals surface area (Å²) in [5, 5.41) is 0.232. The Labute approximate surface area is 363 Å². The third-order valence-corrected chi connectivity index (χ3v) is 14.4. The van der Waals surface area contributed by atoms with Gasteiger partial charge in [-0.15, -0.1) is 0 Å². The monoisotopic (exact) mass is 870 g/mol. The third-order valence-electron chi connectivity index (χ3n) is 10.3. The number of alkyl halides is 2. The lowest BCUT2D eigenvalue weighted by atomic mass is 9.89. The summed E-state index contributed by atoms with van der Waals surface area (Å²) in [5.74, 6) is -8.85. The van der Waals surface area contributed by atoms with E-state index in [1.807, 2.05) is 129 Å². The highest BCUT2D eigenvalue weighted by Gasteiger charge is 2.45. The molecule has 2 heterocycles. The van der Waals surface area contributed by atoms with E-state index in [1.165, 1.54) is 17.9 Å². The first-order chi connectivity index (χ1) is 29.5. The van der Waals surface area contributed by atoms with Crippen molar-refractivity contribution in [2.75, 3.05) is 13.7 Å². The molecular formula is C51H55F5N2O3S. The molecular weight excluding hydrogens is 816 g/mol. The molecule has 0 fully saturated rings. The van der Waals surface area contributed by atoms with Crippen molar-refractivity contribution in [2.45, 2.75) is 95.7 Å². The van der Waals surface area contributed by atoms with Gasteiger partial charge in [0.2, 0.25) is 0 Å². The van der Waals surface area contributed by atoms with Crippen LogP contribution < -0.4 is 4.74 Å². The minimum Gasteiger partial charge on any atom is -0.494 e. The summed E-state index contributed by atoms with van der Waals surface area (Å²) in [7, 11) is -1.06. The number of benzene rings is 5. The van der Waals surface area contributed by atoms with Gasteiger partial charge in [0.1, 0.15) is 12.3 Å². The van der Waals surface area contributed by atoms with Crippen molar-refractivity contribution in [2.24, 2.45) is 4.99 Å². The minimum absolute atomic E-state index is 0.112. The van der Waals surface area contributed by atoms with Crippen molar-refractivity contribution in [1.82, 2.24) is 4.57 Å². The number of carbonyl (C=O) groups is 1. The van der Waals surface area contributed by atoms with E-state index in [2.05, 4.69) is 6.58 Å². The highest BCUT2D eigenvalue weighted by atomic mass is 32.3. The molecule has 0 radical (unpaired) electrons. The summed E-state index contributed by atoms with van der Waals surface area (Å²) in [4.78, 5) is 20.5. The van der Waals surface area contributed by atoms with Crippen LogP contribution in [0.2, 0.25) is 0 Å². The van der Waals surface area contributed by atoms with Gasteiger partial charge in [0.25, 0.3) is 5.92 Å². The van der Waals surface area contributed by atoms with Crippen LogP contribution in [-0.4, -0.2) is 40.4 Å². The van der Waals surface area contributed by atoms with E-state index in [0.717, 1.165) is 32.2 Å². The lowest BCUT2D eigenvalue weighted by Gasteiger charge is -2.50. The highest BCUT2D eigenvalue weighted by Crippen LogP contribution is 2.71. The molecule has 7 rings (SSSR count). The van der Waals surface area contributed by atoms with E-state index in [9.17, 15) is 18.0 Å². The van der Waals surface area contributed by atoms with Crippen LogP contribution in [0.1, 0.15) is 88.9 Å². The number of nitrogens with zero attached hydrogens (tertiary/aromatic N) is 2. The summed E-state index contributed by atoms with van der Waals surface area (Å²) in [6.07, 6.45) is 1.83. The molecule has 6 aromatic rings. The molecule has 0 N–H and O–H groups in total. The lowest BCUT2D eigenvalue weighted by molar-refractivity contribution is -0.0510. The van der Waals surface area contributed by atoms with Crippen LogP contribution in [0, 0.1) is 24.4 Å². The largest absolute Gasteiger partial charge is 0.494 e. The van der Waals surface area contributed by atoms with Crippen molar-refractivity contribution >= 4 is 44.0 Å². The zero-order valence-electron chi connectivity index (χ0n) is 37.1. The second-order valence-corrected chi connectivity index (χ2v) is 19.0. The van der Waals surface area contributed by atoms with Gasteiger partial charge in [-0.3, -0.25) is 9.79 Å². The number of para-hydroxylation sites is 1. The first kappa shape index (κ1) is 47.5. The van der Waals surface area contributed by atoms with Crippen LogP contribution in [0.4, 0.5) is 27.6 Å². The predicted octanol–water partition coefficient (Wildman–Crippen LogP) is 15.1. The zero-order valence-corrected chi connectivity index (χ0v) is 37.9. The van der Waals surface area contributed by atoms with Gasteiger partial charge in [-0.1, -0.05) is 99.2 Å². The van der Waals surface area contributed by atoms with E-state index >= 15 is 8.78 Å². The summed E-state index contributed by atoms with van der Waals surface area (Å²) in [6, 6.07) is 26.9. The Hall–Kier alpha value is -5.52. The molecule has 0 atom stereocenters. The SMILES string of the molecule is C=C1CC(C)=Nc2c1cc(C)c(-c1cccc3c(C(=O)c4cc(F)c(F)c(F)c4)cn(CC(F)(F)COS(c4ccccc4)(c4ccccc4)C(C)(C)C)c13)c2OC.CC.CC. The van der Waals surface area contributed by atoms with Crippen LogP contribution >= 0.6 is 10.3 Å². The molecule has 1 aromatic heterocycles. The Morgan fingerprint density at radius 3 is 1.92 bits per heavy atom. The molecule has 0 aliphatic carbocycles. The van der Waals surface area contributed by atoms with Crippen LogP contribution in [0.3, 0.4) is 0 Å². The average Bonchev–Trinajstić information content (AvgIpc) is 3.61. The van der Waals surface area contributed by atoms with Gasteiger partial charge in [0.05, 0.1) is 19.2 Å². The second-order valence-electron chi connectivity index (χ2n) is 15.5. The number of halogens is 5. The van der Waals surface area contributed by atoms with E-state index in [4.69, 9.17) is 13.9 Å². The fourth-order valence-corrected chi connectivity index (χ4v) is 11.6. The van der Waals surface area contributed by atoms with Gasteiger partial charge in [-0.2, -0.15) is 0 Å². The number of hydrogen-bond acceptors (Lipinski definition) is 4. The first-order valence-corrected chi connectivity index (χ1v) is 22.2. The van der Waals surface area contributed by atoms with Crippen molar-refractivity contribution in [3.63, 3.8) is 0 Å². The topological polar surface area (TPSA) is 52.8 Å². The van der Waals surface area contributed by atoms with Gasteiger partial charge in [-0.25, -0.2) is 22.0 Å². The van der Waals surface area contributed by atoms with Crippen molar-refractivity contribution < 1.29 is 35.7 Å². The summed E-state index contributed by atoms with van der Waals surface area (Å²) >= 11 is 0. The number of fused-ring (bicyclic) bond motifs is 2. The molecule has 0 saturated heterocycles. The number of methoxy groups -OCH3 is 1. The van der Waals surface area contributed by atoms with E-state index in [-0.39, 0.29) is 16.5 Å². The lowest BCUT2D eigenvalue weighted by Crippen LogP contribution is -2.34. The van der Waals surface area contributed by atoms with E-state index in [1.54, 1.807) is 18.2 Å². The van der Waals surface area contributed by atoms with Gasteiger partial charge in [0, 0.05) is 66.1 Å². The van der Waals surface area contributed by atoms with Gasteiger partial charge in [0.15, 0.2) is 29.0 Å². The maximum Gasteiger partial charge on any atom is 0.289 e. The predicted molar refractivity (Wildman–Crippen MR) is 245 cm³/mol. The smallest absolute Gasteiger partial charge is 0.289 e. The van der Waals surface area contributed by atoms with Gasteiger partial charge >= 0.3 is 0 Å². The molecule has 11 heteroatoms. The Morgan fingerprint density at radius 1 is 0.823 bits per heavy atom. The van der Waals surface area contributed by atoms with Crippen LogP contribution in [-0.2, 0) is 10.7 Å². The number of ether oxygens (including phenoxy) is 1. The molecule has 0 saturated carbocycles. The summed E-state index contributed by atoms with van der Waals surface area (Å²) < 4.78 is 90.1. The molecule has 0 spiro atoms. The van der Waals surface area contributed by atoms with Crippen molar-refractivity contribution in [3.8, 4) is 16.9 Å². The Kier molecular flexibility index (Phi) is 14.8. The van der Waals surface area contributed by atoms with Crippen LogP contribution in [0.5, 0.6) is 5.75 Å². The maximum absolute atomic E-state index is 16.9. The van der Waals surface area contributed by atoms with Crippen LogP contribution in [0.25, 0.3) is 27.6 Å². The normalized spacial score (nSPS) is 13.0. The molecule has 5 aromatic carbocycles. The summed E-state index contributed by atoms with van der Waals surface area (Å²) in [5.41, 5.74) is 4.40. The fourth-order valence-electron chi connectivity index (χ4n) is 7.88. The Morgan fingerprint density at radius 2 is 1.39 bits per heavy atom. The molecule has 1 aliphatic rings. The number of allylic oxidation sites excluding steroid dienone is 1. The van der Waals surface area contributed by atoms with Crippen molar-refractivity contribution in [3.05, 3.63) is 150 Å². The number of carbonyl (C=O) groups excluding carboxylic acids is 1. The maximum atomic E-state index is 16.9. The summed E-state index contributed by atoms with van der Waals surface area (Å²) in [6.45, 7) is 20.0. The number of aromatic nitrogens is 1. The van der Waals surface area contributed by atoms with Crippen molar-refractivity contribution in [1.29, 1.82) is 0 Å². The molecule has 328 valence electrons. The second kappa shape index (κ2) is 19.3. The molecule has 5 nitrogen and oxygen atoms in total. The van der Waals surface area contributed by atoms with Gasteiger partial charge < -0.3 is 13.5 Å². The third kappa shape index (κ3) is 9.01. The van der Waals surface area contributed by atoms with Crippen LogP contribution in [0.15, 0.2) is 125 Å². The number of aryl methyl sites for hydroxylation is 1.